The average Bonchev–Trinajstić information content (AvgIpc) is 2.83. The van der Waals surface area contributed by atoms with Crippen LogP contribution in [-0.4, -0.2) is 30.6 Å². The van der Waals surface area contributed by atoms with Gasteiger partial charge in [0.25, 0.3) is 0 Å². The Bertz CT molecular complexity index is 1200. The number of hydrogen-bond acceptors (Lipinski definition) is 6. The highest BCUT2D eigenvalue weighted by molar-refractivity contribution is 9.10. The molecule has 1 heterocycles. The molecule has 2 N–H and O–H groups in total. The number of carbonyl (C=O) groups excluding carboxylic acids is 3. The number of allylic oxidation sites excluding steroid dienone is 1. The minimum Gasteiger partial charge on any atom is -0.468 e. The van der Waals surface area contributed by atoms with E-state index in [4.69, 9.17) is 4.74 Å². The Morgan fingerprint density at radius 1 is 1.26 bits per heavy atom. The van der Waals surface area contributed by atoms with Crippen LogP contribution in [0.4, 0.5) is 5.69 Å². The Hall–Kier alpha value is -3.09. The molecule has 0 saturated carbocycles. The number of benzene rings is 2. The zero-order valence-electron chi connectivity index (χ0n) is 19.0. The van der Waals surface area contributed by atoms with Gasteiger partial charge in [0, 0.05) is 16.1 Å². The summed E-state index contributed by atoms with van der Waals surface area (Å²) in [6, 6.07) is 15.1. The molecule has 0 spiro atoms. The number of ether oxygens (including phenoxy) is 1. The van der Waals surface area contributed by atoms with Crippen molar-refractivity contribution in [3.8, 4) is 6.07 Å². The van der Waals surface area contributed by atoms with Crippen LogP contribution in [0.2, 0.25) is 0 Å². The first kappa shape index (κ1) is 25.5. The van der Waals surface area contributed by atoms with Gasteiger partial charge < -0.3 is 15.4 Å². The van der Waals surface area contributed by atoms with Crippen molar-refractivity contribution in [2.24, 2.45) is 5.92 Å². The van der Waals surface area contributed by atoms with Crippen LogP contribution in [0.5, 0.6) is 0 Å². The predicted molar refractivity (Wildman–Crippen MR) is 135 cm³/mol. The third-order valence-corrected chi connectivity index (χ3v) is 7.05. The third-order valence-electron chi connectivity index (χ3n) is 5.54. The number of methoxy groups -OCH3 is 1. The van der Waals surface area contributed by atoms with E-state index in [0.717, 1.165) is 39.5 Å². The summed E-state index contributed by atoms with van der Waals surface area (Å²) in [4.78, 5) is 38.1. The molecule has 1 aliphatic rings. The van der Waals surface area contributed by atoms with Gasteiger partial charge in [0.2, 0.25) is 11.8 Å². The molecule has 0 saturated heterocycles. The molecule has 2 amide bonds. The number of hydrogen-bond donors (Lipinski definition) is 2. The Kier molecular flexibility index (Phi) is 8.53. The average molecular weight is 542 g/mol. The highest BCUT2D eigenvalue weighted by atomic mass is 79.9. The fourth-order valence-corrected chi connectivity index (χ4v) is 5.16. The van der Waals surface area contributed by atoms with Gasteiger partial charge in [-0.3, -0.25) is 14.4 Å². The summed E-state index contributed by atoms with van der Waals surface area (Å²) in [5, 5.41) is 15.8. The van der Waals surface area contributed by atoms with Crippen LogP contribution >= 0.6 is 27.7 Å². The fraction of sp³-hybridized carbons (Fsp3) is 0.280. The summed E-state index contributed by atoms with van der Waals surface area (Å²) in [6.07, 6.45) is 0.771. The van der Waals surface area contributed by atoms with Gasteiger partial charge in [-0.05, 0) is 42.2 Å². The molecule has 3 rings (SSSR count). The normalized spacial score (nSPS) is 17.6. The maximum absolute atomic E-state index is 12.9. The van der Waals surface area contributed by atoms with Crippen molar-refractivity contribution in [1.82, 2.24) is 5.32 Å². The standard InChI is InChI=1S/C25H24BrN3O4S/c1-4-15-8-5-7-14(2)22(15)28-19(30)13-34-24-18(12-27)20(16-9-6-10-17(26)11-16)21(23(31)29-24)25(32)33-3/h5-11,20-21H,4,13H2,1-3H3,(H,28,30)(H,29,31)/t20-,21+/m1/s1. The summed E-state index contributed by atoms with van der Waals surface area (Å²) in [5.74, 6) is -3.65. The van der Waals surface area contributed by atoms with Gasteiger partial charge in [-0.1, -0.05) is 64.9 Å². The summed E-state index contributed by atoms with van der Waals surface area (Å²) in [7, 11) is 1.20. The first-order valence-corrected chi connectivity index (χ1v) is 12.4. The molecular formula is C25H24BrN3O4S. The van der Waals surface area contributed by atoms with Gasteiger partial charge in [0.15, 0.2) is 0 Å². The molecule has 1 aliphatic heterocycles. The van der Waals surface area contributed by atoms with E-state index in [1.54, 1.807) is 18.2 Å². The lowest BCUT2D eigenvalue weighted by Crippen LogP contribution is -2.44. The monoisotopic (exact) mass is 541 g/mol. The number of nitriles is 1. The lowest BCUT2D eigenvalue weighted by Gasteiger charge is -2.31. The minimum absolute atomic E-state index is 0.0215. The molecule has 0 radical (unpaired) electrons. The minimum atomic E-state index is -1.22. The molecule has 7 nitrogen and oxygen atoms in total. The molecule has 0 aromatic heterocycles. The number of nitrogens with one attached hydrogen (secondary N) is 2. The van der Waals surface area contributed by atoms with Gasteiger partial charge in [-0.2, -0.15) is 5.26 Å². The molecule has 34 heavy (non-hydrogen) atoms. The number of esters is 1. The van der Waals surface area contributed by atoms with Crippen molar-refractivity contribution in [2.75, 3.05) is 18.2 Å². The first-order chi connectivity index (χ1) is 16.3. The van der Waals surface area contributed by atoms with Crippen LogP contribution in [0.25, 0.3) is 0 Å². The maximum atomic E-state index is 12.9. The number of thioether (sulfide) groups is 1. The largest absolute Gasteiger partial charge is 0.468 e. The van der Waals surface area contributed by atoms with Gasteiger partial charge in [0.05, 0.1) is 29.5 Å². The highest BCUT2D eigenvalue weighted by Crippen LogP contribution is 2.40. The second-order valence-corrected chi connectivity index (χ2v) is 9.58. The fourth-order valence-electron chi connectivity index (χ4n) is 3.89. The lowest BCUT2D eigenvalue weighted by molar-refractivity contribution is -0.150. The van der Waals surface area contributed by atoms with E-state index in [9.17, 15) is 19.6 Å². The Morgan fingerprint density at radius 3 is 2.65 bits per heavy atom. The van der Waals surface area contributed by atoms with Crippen molar-refractivity contribution in [1.29, 1.82) is 5.26 Å². The Balaban J connectivity index is 1.91. The van der Waals surface area contributed by atoms with Crippen molar-refractivity contribution in [3.05, 3.63) is 74.2 Å². The summed E-state index contributed by atoms with van der Waals surface area (Å²) >= 11 is 4.45. The summed E-state index contributed by atoms with van der Waals surface area (Å²) in [6.45, 7) is 3.94. The molecule has 2 aromatic carbocycles. The first-order valence-electron chi connectivity index (χ1n) is 10.6. The lowest BCUT2D eigenvalue weighted by atomic mass is 9.78. The van der Waals surface area contributed by atoms with E-state index < -0.39 is 23.7 Å². The van der Waals surface area contributed by atoms with Crippen LogP contribution in [0.15, 0.2) is 57.5 Å². The van der Waals surface area contributed by atoms with Crippen molar-refractivity contribution in [3.63, 3.8) is 0 Å². The van der Waals surface area contributed by atoms with Crippen molar-refractivity contribution < 1.29 is 19.1 Å². The van der Waals surface area contributed by atoms with E-state index in [-0.39, 0.29) is 22.3 Å². The highest BCUT2D eigenvalue weighted by Gasteiger charge is 2.44. The molecule has 176 valence electrons. The van der Waals surface area contributed by atoms with Gasteiger partial charge in [-0.15, -0.1) is 0 Å². The SMILES string of the molecule is CCc1cccc(C)c1NC(=O)CSC1=C(C#N)[C@@H](c2cccc(Br)c2)[C@H](C(=O)OC)C(=O)N1. The Morgan fingerprint density at radius 2 is 2.00 bits per heavy atom. The van der Waals surface area contributed by atoms with E-state index in [1.807, 2.05) is 38.1 Å². The molecule has 0 aliphatic carbocycles. The topological polar surface area (TPSA) is 108 Å². The molecule has 2 aromatic rings. The van der Waals surface area contributed by atoms with Crippen LogP contribution in [0.3, 0.4) is 0 Å². The molecule has 0 unspecified atom stereocenters. The number of nitrogens with zero attached hydrogens (tertiary/aromatic N) is 1. The van der Waals surface area contributed by atoms with Gasteiger partial charge in [0.1, 0.15) is 5.92 Å². The number of carbonyl (C=O) groups is 3. The molecule has 0 bridgehead atoms. The zero-order chi connectivity index (χ0) is 24.8. The summed E-state index contributed by atoms with van der Waals surface area (Å²) in [5.41, 5.74) is 3.57. The number of aryl methyl sites for hydroxylation is 2. The number of para-hydroxylation sites is 1. The number of rotatable bonds is 7. The van der Waals surface area contributed by atoms with Crippen molar-refractivity contribution >= 4 is 51.2 Å². The van der Waals surface area contributed by atoms with Crippen molar-refractivity contribution in [2.45, 2.75) is 26.2 Å². The van der Waals surface area contributed by atoms with Crippen LogP contribution in [0, 0.1) is 24.2 Å². The second kappa shape index (κ2) is 11.4. The molecular weight excluding hydrogens is 518 g/mol. The third kappa shape index (κ3) is 5.51. The zero-order valence-corrected chi connectivity index (χ0v) is 21.4. The Labute approximate surface area is 211 Å². The maximum Gasteiger partial charge on any atom is 0.319 e. The number of anilines is 1. The van der Waals surface area contributed by atoms with E-state index >= 15 is 0 Å². The van der Waals surface area contributed by atoms with Gasteiger partial charge in [-0.25, -0.2) is 0 Å². The molecule has 2 atom stereocenters. The molecule has 9 heteroatoms. The van der Waals surface area contributed by atoms with Gasteiger partial charge >= 0.3 is 5.97 Å². The summed E-state index contributed by atoms with van der Waals surface area (Å²) < 4.78 is 5.60. The van der Waals surface area contributed by atoms with Crippen LogP contribution in [0.1, 0.15) is 29.5 Å². The second-order valence-electron chi connectivity index (χ2n) is 7.68. The van der Waals surface area contributed by atoms with Crippen LogP contribution < -0.4 is 10.6 Å². The predicted octanol–water partition coefficient (Wildman–Crippen LogP) is 4.43. The van der Waals surface area contributed by atoms with E-state index in [0.29, 0.717) is 5.56 Å². The van der Waals surface area contributed by atoms with E-state index in [1.165, 1.54) is 7.11 Å². The van der Waals surface area contributed by atoms with Crippen LogP contribution in [-0.2, 0) is 25.5 Å². The number of amides is 2. The molecule has 0 fully saturated rings. The number of halogens is 1. The smallest absolute Gasteiger partial charge is 0.319 e. The quantitative estimate of drug-likeness (QED) is 0.396. The van der Waals surface area contributed by atoms with E-state index in [2.05, 4.69) is 32.6 Å².